The topological polar surface area (TPSA) is 206 Å². The maximum absolute atomic E-state index is 12.2. The van der Waals surface area contributed by atoms with Crippen molar-refractivity contribution in [3.05, 3.63) is 0 Å². The van der Waals surface area contributed by atoms with Crippen LogP contribution in [0.2, 0.25) is 0 Å². The number of urea groups is 1. The molecule has 1 fully saturated rings. The van der Waals surface area contributed by atoms with Crippen molar-refractivity contribution in [2.24, 2.45) is 28.1 Å². The number of nitrogens with zero attached hydrogens (tertiary/aromatic N) is 2. The fraction of sp³-hybridized carbons (Fsp3) is 0.643. The van der Waals surface area contributed by atoms with Crippen molar-refractivity contribution >= 4 is 29.8 Å². The highest BCUT2D eigenvalue weighted by Crippen LogP contribution is 2.26. The lowest BCUT2D eigenvalue weighted by Gasteiger charge is -2.28. The molecule has 1 aliphatic carbocycles. The van der Waals surface area contributed by atoms with E-state index < -0.39 is 30.4 Å². The minimum Gasteiger partial charge on any atom is -0.481 e. The molecule has 12 heteroatoms. The average molecular weight is 371 g/mol. The zero-order valence-electron chi connectivity index (χ0n) is 14.5. The molecule has 12 nitrogen and oxygen atoms in total. The Morgan fingerprint density at radius 1 is 1.15 bits per heavy atom. The minimum atomic E-state index is -1.38. The van der Waals surface area contributed by atoms with E-state index in [-0.39, 0.29) is 23.8 Å². The summed E-state index contributed by atoms with van der Waals surface area (Å²) in [6.45, 7) is 0. The Hall–Kier alpha value is -3.05. The predicted molar refractivity (Wildman–Crippen MR) is 91.2 cm³/mol. The molecule has 1 atom stereocenters. The molecule has 1 saturated carbocycles. The van der Waals surface area contributed by atoms with Gasteiger partial charge in [0.05, 0.1) is 12.5 Å². The van der Waals surface area contributed by atoms with Crippen LogP contribution in [0.15, 0.2) is 4.99 Å². The van der Waals surface area contributed by atoms with Crippen LogP contribution in [0.5, 0.6) is 0 Å². The van der Waals surface area contributed by atoms with Crippen LogP contribution in [0.1, 0.15) is 32.1 Å². The first-order valence-corrected chi connectivity index (χ1v) is 8.04. The molecule has 0 aliphatic heterocycles. The number of hydrogen-bond donors (Lipinski definition) is 6. The highest BCUT2D eigenvalue weighted by atomic mass is 16.4. The van der Waals surface area contributed by atoms with Crippen molar-refractivity contribution in [2.45, 2.75) is 44.2 Å². The zero-order chi connectivity index (χ0) is 19.9. The van der Waals surface area contributed by atoms with Gasteiger partial charge in [-0.15, -0.1) is 0 Å². The van der Waals surface area contributed by atoms with Crippen LogP contribution in [0.4, 0.5) is 4.79 Å². The summed E-state index contributed by atoms with van der Waals surface area (Å²) in [5.74, 6) is -2.93. The number of hydrazine groups is 1. The molecule has 0 bridgehead atoms. The molecular weight excluding hydrogens is 346 g/mol. The van der Waals surface area contributed by atoms with Crippen molar-refractivity contribution in [2.75, 3.05) is 7.05 Å². The van der Waals surface area contributed by atoms with Gasteiger partial charge in [-0.2, -0.15) is 0 Å². The quantitative estimate of drug-likeness (QED) is 0.173. The number of carboxylic acids is 1. The van der Waals surface area contributed by atoms with E-state index in [4.69, 9.17) is 22.3 Å². The molecule has 1 aliphatic rings. The third-order valence-corrected chi connectivity index (χ3v) is 4.00. The van der Waals surface area contributed by atoms with Gasteiger partial charge in [-0.1, -0.05) is 0 Å². The van der Waals surface area contributed by atoms with Crippen LogP contribution in [0, 0.1) is 5.92 Å². The minimum absolute atomic E-state index is 0.0136. The number of nitrogens with one attached hydrogen (secondary N) is 2. The molecule has 0 radical (unpaired) electrons. The lowest BCUT2D eigenvalue weighted by molar-refractivity contribution is -0.139. The number of guanidine groups is 1. The second kappa shape index (κ2) is 9.44. The van der Waals surface area contributed by atoms with Gasteiger partial charge in [0, 0.05) is 13.0 Å². The normalized spacial score (nSPS) is 20.3. The zero-order valence-corrected chi connectivity index (χ0v) is 14.5. The van der Waals surface area contributed by atoms with Crippen LogP contribution >= 0.6 is 0 Å². The number of primary amides is 1. The highest BCUT2D eigenvalue weighted by molar-refractivity contribution is 5.90. The molecular formula is C14H25N7O5. The SMILES string of the molecule is CN(NC(=O)C1CCC(N=C(N)N)CC1)C(=O)N[C@@H](CC(=O)O)C(N)=O. The van der Waals surface area contributed by atoms with Gasteiger partial charge in [0.15, 0.2) is 5.96 Å². The summed E-state index contributed by atoms with van der Waals surface area (Å²) in [4.78, 5) is 50.1. The van der Waals surface area contributed by atoms with Gasteiger partial charge in [-0.25, -0.2) is 9.80 Å². The lowest BCUT2D eigenvalue weighted by atomic mass is 9.86. The number of carbonyl (C=O) groups excluding carboxylic acids is 3. The Morgan fingerprint density at radius 3 is 2.19 bits per heavy atom. The Labute approximate surface area is 150 Å². The lowest BCUT2D eigenvalue weighted by Crippen LogP contribution is -2.55. The molecule has 4 amide bonds. The number of carboxylic acid groups (broad SMARTS) is 1. The highest BCUT2D eigenvalue weighted by Gasteiger charge is 2.28. The van der Waals surface area contributed by atoms with Gasteiger partial charge in [0.25, 0.3) is 0 Å². The molecule has 0 unspecified atom stereocenters. The van der Waals surface area contributed by atoms with Gasteiger partial charge in [-0.05, 0) is 25.7 Å². The van der Waals surface area contributed by atoms with Gasteiger partial charge >= 0.3 is 12.0 Å². The van der Waals surface area contributed by atoms with Gasteiger partial charge < -0.3 is 27.6 Å². The van der Waals surface area contributed by atoms with E-state index in [2.05, 4.69) is 15.7 Å². The summed E-state index contributed by atoms with van der Waals surface area (Å²) in [6.07, 6.45) is 1.76. The first-order chi connectivity index (χ1) is 12.1. The average Bonchev–Trinajstić information content (AvgIpc) is 2.53. The summed E-state index contributed by atoms with van der Waals surface area (Å²) in [5.41, 5.74) is 18.1. The van der Waals surface area contributed by atoms with Crippen LogP contribution < -0.4 is 27.9 Å². The summed E-state index contributed by atoms with van der Waals surface area (Å²) < 4.78 is 0. The molecule has 1 rings (SSSR count). The third kappa shape index (κ3) is 6.83. The molecule has 0 aromatic rings. The summed E-state index contributed by atoms with van der Waals surface area (Å²) in [6, 6.07) is -2.25. The maximum Gasteiger partial charge on any atom is 0.336 e. The van der Waals surface area contributed by atoms with E-state index in [9.17, 15) is 19.2 Å². The van der Waals surface area contributed by atoms with Gasteiger partial charge in [-0.3, -0.25) is 24.8 Å². The number of carbonyl (C=O) groups is 4. The first kappa shape index (κ1) is 21.0. The molecule has 146 valence electrons. The van der Waals surface area contributed by atoms with Crippen molar-refractivity contribution in [3.63, 3.8) is 0 Å². The second-order valence-corrected chi connectivity index (χ2v) is 6.10. The van der Waals surface area contributed by atoms with E-state index in [1.54, 1.807) is 0 Å². The number of aliphatic imine (C=N–C) groups is 1. The smallest absolute Gasteiger partial charge is 0.336 e. The number of hydrogen-bond acceptors (Lipinski definition) is 5. The Bertz CT molecular complexity index is 582. The van der Waals surface area contributed by atoms with Crippen LogP contribution in [0.3, 0.4) is 0 Å². The number of aliphatic carboxylic acids is 1. The number of amides is 4. The summed E-state index contributed by atoms with van der Waals surface area (Å²) in [5, 5.41) is 11.7. The van der Waals surface area contributed by atoms with Crippen LogP contribution in [-0.4, -0.2) is 59.0 Å². The van der Waals surface area contributed by atoms with Crippen LogP contribution in [-0.2, 0) is 14.4 Å². The van der Waals surface area contributed by atoms with E-state index in [1.165, 1.54) is 7.05 Å². The van der Waals surface area contributed by atoms with Crippen molar-refractivity contribution in [1.82, 2.24) is 15.8 Å². The van der Waals surface area contributed by atoms with Crippen molar-refractivity contribution in [3.8, 4) is 0 Å². The van der Waals surface area contributed by atoms with Gasteiger partial charge in [0.2, 0.25) is 11.8 Å². The molecule has 0 saturated heterocycles. The molecule has 0 heterocycles. The Morgan fingerprint density at radius 2 is 1.73 bits per heavy atom. The summed E-state index contributed by atoms with van der Waals surface area (Å²) >= 11 is 0. The standard InChI is InChI=1S/C14H25N7O5/c1-21(14(26)19-9(11(15)24)6-10(22)23)20-12(25)7-2-4-8(5-3-7)18-13(16)17/h7-9H,2-6H2,1H3,(H2,15,24)(H,19,26)(H,20,25)(H,22,23)(H4,16,17,18)/t7?,8?,9-/m0/s1. The maximum atomic E-state index is 12.2. The van der Waals surface area contributed by atoms with E-state index in [0.29, 0.717) is 25.7 Å². The monoisotopic (exact) mass is 371 g/mol. The fourth-order valence-electron chi connectivity index (χ4n) is 2.63. The molecule has 0 aromatic carbocycles. The predicted octanol–water partition coefficient (Wildman–Crippen LogP) is -2.18. The van der Waals surface area contributed by atoms with Crippen LogP contribution in [0.25, 0.3) is 0 Å². The summed E-state index contributed by atoms with van der Waals surface area (Å²) in [7, 11) is 1.27. The van der Waals surface area contributed by atoms with E-state index >= 15 is 0 Å². The molecule has 26 heavy (non-hydrogen) atoms. The largest absolute Gasteiger partial charge is 0.481 e. The van der Waals surface area contributed by atoms with Crippen molar-refractivity contribution in [1.29, 1.82) is 0 Å². The second-order valence-electron chi connectivity index (χ2n) is 6.10. The number of nitrogens with two attached hydrogens (primary N) is 3. The first-order valence-electron chi connectivity index (χ1n) is 8.04. The Kier molecular flexibility index (Phi) is 7.62. The Balaban J connectivity index is 2.51. The van der Waals surface area contributed by atoms with Gasteiger partial charge in [0.1, 0.15) is 6.04 Å². The van der Waals surface area contributed by atoms with E-state index in [0.717, 1.165) is 5.01 Å². The molecule has 0 spiro atoms. The molecule has 0 aromatic heterocycles. The third-order valence-electron chi connectivity index (χ3n) is 4.00. The number of rotatable bonds is 6. The fourth-order valence-corrected chi connectivity index (χ4v) is 2.63. The van der Waals surface area contributed by atoms with E-state index in [1.807, 2.05) is 0 Å². The van der Waals surface area contributed by atoms with Crippen molar-refractivity contribution < 1.29 is 24.3 Å². The molecule has 9 N–H and O–H groups in total.